The Balaban J connectivity index is 0.000000255. The Bertz CT molecular complexity index is 183. The quantitative estimate of drug-likeness (QED) is 0.598. The van der Waals surface area contributed by atoms with Crippen LogP contribution in [0.1, 0.15) is 50.7 Å². The summed E-state index contributed by atoms with van der Waals surface area (Å²) in [7, 11) is 0. The fourth-order valence-corrected chi connectivity index (χ4v) is 1.14. The monoisotopic (exact) mass is 192 g/mol. The van der Waals surface area contributed by atoms with Gasteiger partial charge in [-0.2, -0.15) is 0 Å². The molecule has 0 aliphatic rings. The first-order valence-corrected chi connectivity index (χ1v) is 5.74. The first-order chi connectivity index (χ1) is 6.70. The van der Waals surface area contributed by atoms with E-state index in [2.05, 4.69) is 52.0 Å². The zero-order chi connectivity index (χ0) is 10.8. The highest BCUT2D eigenvalue weighted by Crippen LogP contribution is 1.99. The molecule has 0 N–H and O–H groups in total. The average Bonchev–Trinajstić information content (AvgIpc) is 2.20. The molecule has 80 valence electrons. The maximum Gasteiger partial charge on any atom is -0.0398 e. The summed E-state index contributed by atoms with van der Waals surface area (Å²) in [4.78, 5) is 0. The molecule has 0 unspecified atom stereocenters. The molecule has 0 aliphatic heterocycles. The number of hydrogen-bond acceptors (Lipinski definition) is 0. The molecule has 1 aromatic rings. The second-order valence-corrected chi connectivity index (χ2v) is 3.86. The van der Waals surface area contributed by atoms with E-state index in [-0.39, 0.29) is 0 Å². The molecule has 0 fully saturated rings. The van der Waals surface area contributed by atoms with E-state index in [1.165, 1.54) is 36.8 Å². The molecule has 0 aliphatic carbocycles. The molecule has 14 heavy (non-hydrogen) atoms. The SMILES string of the molecule is CCCCCC.Cc1ccc(C)cc1. The predicted octanol–water partition coefficient (Wildman–Crippen LogP) is 4.89. The second kappa shape index (κ2) is 8.80. The second-order valence-electron chi connectivity index (χ2n) is 3.86. The van der Waals surface area contributed by atoms with Gasteiger partial charge in [-0.05, 0) is 13.8 Å². The number of rotatable bonds is 3. The first-order valence-electron chi connectivity index (χ1n) is 5.74. The Hall–Kier alpha value is -0.780. The summed E-state index contributed by atoms with van der Waals surface area (Å²) in [5.74, 6) is 0. The first kappa shape index (κ1) is 13.2. The van der Waals surface area contributed by atoms with E-state index in [4.69, 9.17) is 0 Å². The molecule has 1 aromatic carbocycles. The molecule has 0 heterocycles. The van der Waals surface area contributed by atoms with Crippen molar-refractivity contribution in [1.29, 1.82) is 0 Å². The van der Waals surface area contributed by atoms with Crippen LogP contribution in [0.3, 0.4) is 0 Å². The van der Waals surface area contributed by atoms with Crippen LogP contribution in [-0.2, 0) is 0 Å². The molecular weight excluding hydrogens is 168 g/mol. The number of aryl methyl sites for hydroxylation is 2. The molecule has 0 saturated carbocycles. The summed E-state index contributed by atoms with van der Waals surface area (Å²) < 4.78 is 0. The smallest absolute Gasteiger partial charge is 0.0398 e. The topological polar surface area (TPSA) is 0 Å². The van der Waals surface area contributed by atoms with E-state index in [1.54, 1.807) is 0 Å². The summed E-state index contributed by atoms with van der Waals surface area (Å²) in [5.41, 5.74) is 2.66. The summed E-state index contributed by atoms with van der Waals surface area (Å²) >= 11 is 0. The van der Waals surface area contributed by atoms with Crippen LogP contribution in [0, 0.1) is 13.8 Å². The lowest BCUT2D eigenvalue weighted by Crippen LogP contribution is -1.70. The molecule has 0 aromatic heterocycles. The van der Waals surface area contributed by atoms with Crippen LogP contribution in [0.2, 0.25) is 0 Å². The van der Waals surface area contributed by atoms with Crippen molar-refractivity contribution in [3.63, 3.8) is 0 Å². The Kier molecular flexibility index (Phi) is 8.31. The van der Waals surface area contributed by atoms with Gasteiger partial charge in [-0.15, -0.1) is 0 Å². The third-order valence-electron chi connectivity index (χ3n) is 2.18. The van der Waals surface area contributed by atoms with E-state index in [9.17, 15) is 0 Å². The minimum Gasteiger partial charge on any atom is -0.0654 e. The number of hydrogen-bond donors (Lipinski definition) is 0. The fraction of sp³-hybridized carbons (Fsp3) is 0.571. The lowest BCUT2D eigenvalue weighted by Gasteiger charge is -1.90. The van der Waals surface area contributed by atoms with E-state index >= 15 is 0 Å². The van der Waals surface area contributed by atoms with E-state index < -0.39 is 0 Å². The maximum atomic E-state index is 2.23. The van der Waals surface area contributed by atoms with Crippen molar-refractivity contribution in [1.82, 2.24) is 0 Å². The van der Waals surface area contributed by atoms with Crippen LogP contribution in [0.5, 0.6) is 0 Å². The standard InChI is InChI=1S/C8H10.C6H14/c1-7-3-5-8(2)6-4-7;1-3-5-6-4-2/h3-6H,1-2H3;3-6H2,1-2H3. The van der Waals surface area contributed by atoms with Gasteiger partial charge in [0.05, 0.1) is 0 Å². The highest BCUT2D eigenvalue weighted by atomic mass is 13.9. The van der Waals surface area contributed by atoms with Gasteiger partial charge in [0, 0.05) is 0 Å². The lowest BCUT2D eigenvalue weighted by molar-refractivity contribution is 0.702. The Morgan fingerprint density at radius 2 is 1.00 bits per heavy atom. The third-order valence-corrected chi connectivity index (χ3v) is 2.18. The Labute approximate surface area is 89.4 Å². The molecule has 0 saturated heterocycles. The van der Waals surface area contributed by atoms with Gasteiger partial charge in [-0.1, -0.05) is 74.9 Å². The normalized spacial score (nSPS) is 9.14. The summed E-state index contributed by atoms with van der Waals surface area (Å²) in [5, 5.41) is 0. The molecule has 0 bridgehead atoms. The van der Waals surface area contributed by atoms with Gasteiger partial charge < -0.3 is 0 Å². The highest BCUT2D eigenvalue weighted by Gasteiger charge is 1.79. The van der Waals surface area contributed by atoms with Gasteiger partial charge >= 0.3 is 0 Å². The zero-order valence-electron chi connectivity index (χ0n) is 10.1. The van der Waals surface area contributed by atoms with E-state index in [1.807, 2.05) is 0 Å². The van der Waals surface area contributed by atoms with Gasteiger partial charge in [-0.25, -0.2) is 0 Å². The molecule has 0 nitrogen and oxygen atoms in total. The number of unbranched alkanes of at least 4 members (excludes halogenated alkanes) is 3. The molecule has 0 atom stereocenters. The summed E-state index contributed by atoms with van der Waals surface area (Å²) in [6, 6.07) is 8.48. The number of benzene rings is 1. The van der Waals surface area contributed by atoms with Crippen LogP contribution in [0.25, 0.3) is 0 Å². The Morgan fingerprint density at radius 1 is 0.714 bits per heavy atom. The fourth-order valence-electron chi connectivity index (χ4n) is 1.14. The molecule has 0 amide bonds. The van der Waals surface area contributed by atoms with Crippen molar-refractivity contribution in [3.05, 3.63) is 35.4 Å². The van der Waals surface area contributed by atoms with Gasteiger partial charge in [0.25, 0.3) is 0 Å². The van der Waals surface area contributed by atoms with Crippen molar-refractivity contribution in [2.45, 2.75) is 53.4 Å². The minimum absolute atomic E-state index is 1.33. The molecule has 1 rings (SSSR count). The van der Waals surface area contributed by atoms with Gasteiger partial charge in [-0.3, -0.25) is 0 Å². The Morgan fingerprint density at radius 3 is 1.21 bits per heavy atom. The third kappa shape index (κ3) is 7.85. The van der Waals surface area contributed by atoms with Crippen LogP contribution in [0.15, 0.2) is 24.3 Å². The predicted molar refractivity (Wildman–Crippen MR) is 65.7 cm³/mol. The van der Waals surface area contributed by atoms with Crippen LogP contribution in [0.4, 0.5) is 0 Å². The molecule has 0 radical (unpaired) electrons. The van der Waals surface area contributed by atoms with Crippen LogP contribution in [-0.4, -0.2) is 0 Å². The lowest BCUT2D eigenvalue weighted by atomic mass is 10.2. The molecular formula is C14H24. The molecule has 0 heteroatoms. The summed E-state index contributed by atoms with van der Waals surface area (Å²) in [6.07, 6.45) is 5.54. The zero-order valence-corrected chi connectivity index (χ0v) is 10.1. The summed E-state index contributed by atoms with van der Waals surface area (Å²) in [6.45, 7) is 8.66. The van der Waals surface area contributed by atoms with Gasteiger partial charge in [0.1, 0.15) is 0 Å². The average molecular weight is 192 g/mol. The van der Waals surface area contributed by atoms with Crippen LogP contribution < -0.4 is 0 Å². The van der Waals surface area contributed by atoms with E-state index in [0.717, 1.165) is 0 Å². The van der Waals surface area contributed by atoms with Crippen molar-refractivity contribution in [2.24, 2.45) is 0 Å². The highest BCUT2D eigenvalue weighted by molar-refractivity contribution is 5.19. The van der Waals surface area contributed by atoms with Gasteiger partial charge in [0.2, 0.25) is 0 Å². The van der Waals surface area contributed by atoms with Crippen molar-refractivity contribution < 1.29 is 0 Å². The largest absolute Gasteiger partial charge is 0.0654 e. The van der Waals surface area contributed by atoms with Crippen molar-refractivity contribution in [2.75, 3.05) is 0 Å². The van der Waals surface area contributed by atoms with Crippen LogP contribution >= 0.6 is 0 Å². The molecule has 0 spiro atoms. The maximum absolute atomic E-state index is 2.23. The van der Waals surface area contributed by atoms with Crippen molar-refractivity contribution >= 4 is 0 Å². The van der Waals surface area contributed by atoms with Gasteiger partial charge in [0.15, 0.2) is 0 Å². The van der Waals surface area contributed by atoms with E-state index in [0.29, 0.717) is 0 Å². The van der Waals surface area contributed by atoms with Crippen molar-refractivity contribution in [3.8, 4) is 0 Å². The minimum atomic E-state index is 1.33.